The molecule has 0 N–H and O–H groups in total. The van der Waals surface area contributed by atoms with E-state index in [-0.39, 0.29) is 11.8 Å². The lowest BCUT2D eigenvalue weighted by Gasteiger charge is -2.35. The molecule has 0 aromatic heterocycles. The minimum atomic E-state index is -0.0291. The Hall–Kier alpha value is -2.04. The van der Waals surface area contributed by atoms with E-state index in [1.807, 2.05) is 12.1 Å². The van der Waals surface area contributed by atoms with Gasteiger partial charge in [-0.2, -0.15) is 0 Å². The summed E-state index contributed by atoms with van der Waals surface area (Å²) >= 11 is 11.8. The Bertz CT molecular complexity index is 769. The third-order valence-electron chi connectivity index (χ3n) is 4.26. The molecular formula is C19H18Cl2N2O2. The van der Waals surface area contributed by atoms with E-state index in [0.717, 1.165) is 5.56 Å². The monoisotopic (exact) mass is 376 g/mol. The molecule has 0 radical (unpaired) electrons. The maximum Gasteiger partial charge on any atom is 0.253 e. The van der Waals surface area contributed by atoms with Crippen molar-refractivity contribution >= 4 is 35.0 Å². The molecule has 2 amide bonds. The highest BCUT2D eigenvalue weighted by atomic mass is 35.5. The molecule has 3 rings (SSSR count). The smallest absolute Gasteiger partial charge is 0.253 e. The van der Waals surface area contributed by atoms with Gasteiger partial charge < -0.3 is 9.80 Å². The molecule has 1 aliphatic heterocycles. The molecule has 1 fully saturated rings. The van der Waals surface area contributed by atoms with Crippen LogP contribution in [0.4, 0.5) is 0 Å². The number of nitrogens with zero attached hydrogens (tertiary/aromatic N) is 2. The molecular weight excluding hydrogens is 359 g/mol. The van der Waals surface area contributed by atoms with Gasteiger partial charge in [0.25, 0.3) is 5.91 Å². The van der Waals surface area contributed by atoms with Gasteiger partial charge >= 0.3 is 0 Å². The third-order valence-corrected chi connectivity index (χ3v) is 4.74. The van der Waals surface area contributed by atoms with Crippen LogP contribution in [0.1, 0.15) is 15.9 Å². The molecule has 130 valence electrons. The molecule has 1 heterocycles. The van der Waals surface area contributed by atoms with Crippen molar-refractivity contribution in [3.63, 3.8) is 0 Å². The van der Waals surface area contributed by atoms with E-state index in [0.29, 0.717) is 48.2 Å². The third kappa shape index (κ3) is 4.53. The zero-order chi connectivity index (χ0) is 17.8. The van der Waals surface area contributed by atoms with Crippen molar-refractivity contribution in [3.8, 4) is 0 Å². The van der Waals surface area contributed by atoms with E-state index in [9.17, 15) is 9.59 Å². The molecule has 1 saturated heterocycles. The Labute approximate surface area is 156 Å². The predicted octanol–water partition coefficient (Wildman–Crippen LogP) is 3.52. The van der Waals surface area contributed by atoms with Crippen LogP contribution in [-0.4, -0.2) is 47.8 Å². The number of halogens is 2. The number of hydrogen-bond acceptors (Lipinski definition) is 2. The largest absolute Gasteiger partial charge is 0.339 e. The summed E-state index contributed by atoms with van der Waals surface area (Å²) in [5.74, 6) is 0.0273. The topological polar surface area (TPSA) is 40.6 Å². The number of amides is 2. The van der Waals surface area contributed by atoms with E-state index in [4.69, 9.17) is 23.2 Å². The van der Waals surface area contributed by atoms with Gasteiger partial charge in [-0.05, 0) is 42.0 Å². The number of piperazine rings is 1. The fourth-order valence-corrected chi connectivity index (χ4v) is 3.21. The standard InChI is InChI=1S/C19H18Cl2N2O2/c20-16-6-4-15(5-7-16)19(25)23-10-8-22(9-11-23)18(24)13-14-2-1-3-17(21)12-14/h1-7,12H,8-11,13H2. The first-order valence-corrected chi connectivity index (χ1v) is 8.85. The fourth-order valence-electron chi connectivity index (χ4n) is 2.87. The quantitative estimate of drug-likeness (QED) is 0.821. The van der Waals surface area contributed by atoms with Crippen LogP contribution in [0.2, 0.25) is 10.0 Å². The van der Waals surface area contributed by atoms with Gasteiger partial charge in [0, 0.05) is 41.8 Å². The number of hydrogen-bond donors (Lipinski definition) is 0. The maximum atomic E-state index is 12.5. The lowest BCUT2D eigenvalue weighted by Crippen LogP contribution is -2.51. The summed E-state index contributed by atoms with van der Waals surface area (Å²) < 4.78 is 0. The normalized spacial score (nSPS) is 14.5. The summed E-state index contributed by atoms with van der Waals surface area (Å²) in [6.07, 6.45) is 0.325. The summed E-state index contributed by atoms with van der Waals surface area (Å²) in [5, 5.41) is 1.23. The van der Waals surface area contributed by atoms with Crippen molar-refractivity contribution < 1.29 is 9.59 Å². The molecule has 0 spiro atoms. The second kappa shape index (κ2) is 7.89. The summed E-state index contributed by atoms with van der Waals surface area (Å²) in [6.45, 7) is 2.14. The van der Waals surface area contributed by atoms with E-state index in [1.54, 1.807) is 46.2 Å². The van der Waals surface area contributed by atoms with Crippen LogP contribution in [0.3, 0.4) is 0 Å². The number of rotatable bonds is 3. The summed E-state index contributed by atoms with van der Waals surface area (Å²) in [6, 6.07) is 14.2. The first kappa shape index (κ1) is 17.8. The van der Waals surface area contributed by atoms with E-state index >= 15 is 0 Å². The van der Waals surface area contributed by atoms with Crippen LogP contribution in [0.25, 0.3) is 0 Å². The minimum Gasteiger partial charge on any atom is -0.339 e. The average molecular weight is 377 g/mol. The van der Waals surface area contributed by atoms with Crippen molar-refractivity contribution in [2.75, 3.05) is 26.2 Å². The molecule has 0 bridgehead atoms. The van der Waals surface area contributed by atoms with Crippen molar-refractivity contribution in [1.82, 2.24) is 9.80 Å². The van der Waals surface area contributed by atoms with Crippen LogP contribution < -0.4 is 0 Å². The van der Waals surface area contributed by atoms with Crippen molar-refractivity contribution in [2.24, 2.45) is 0 Å². The van der Waals surface area contributed by atoms with Crippen LogP contribution in [0.15, 0.2) is 48.5 Å². The Kier molecular flexibility index (Phi) is 5.61. The first-order chi connectivity index (χ1) is 12.0. The van der Waals surface area contributed by atoms with Gasteiger partial charge in [-0.1, -0.05) is 35.3 Å². The lowest BCUT2D eigenvalue weighted by atomic mass is 10.1. The summed E-state index contributed by atoms with van der Waals surface area (Å²) in [7, 11) is 0. The molecule has 2 aromatic carbocycles. The van der Waals surface area contributed by atoms with Gasteiger partial charge in [-0.25, -0.2) is 0 Å². The number of carbonyl (C=O) groups excluding carboxylic acids is 2. The SMILES string of the molecule is O=C(Cc1cccc(Cl)c1)N1CCN(C(=O)c2ccc(Cl)cc2)CC1. The van der Waals surface area contributed by atoms with E-state index in [1.165, 1.54) is 0 Å². The second-order valence-corrected chi connectivity index (χ2v) is 6.86. The highest BCUT2D eigenvalue weighted by Gasteiger charge is 2.24. The molecule has 6 heteroatoms. The molecule has 25 heavy (non-hydrogen) atoms. The highest BCUT2D eigenvalue weighted by molar-refractivity contribution is 6.31. The van der Waals surface area contributed by atoms with Gasteiger partial charge in [-0.15, -0.1) is 0 Å². The van der Waals surface area contributed by atoms with Crippen molar-refractivity contribution in [1.29, 1.82) is 0 Å². The summed E-state index contributed by atoms with van der Waals surface area (Å²) in [4.78, 5) is 28.5. The van der Waals surface area contributed by atoms with Crippen molar-refractivity contribution in [2.45, 2.75) is 6.42 Å². The van der Waals surface area contributed by atoms with Gasteiger partial charge in [-0.3, -0.25) is 9.59 Å². The van der Waals surface area contributed by atoms with Crippen LogP contribution in [-0.2, 0) is 11.2 Å². The Morgan fingerprint density at radius 3 is 2.12 bits per heavy atom. The lowest BCUT2D eigenvalue weighted by molar-refractivity contribution is -0.131. The van der Waals surface area contributed by atoms with Gasteiger partial charge in [0.2, 0.25) is 5.91 Å². The number of benzene rings is 2. The van der Waals surface area contributed by atoms with Crippen LogP contribution in [0, 0.1) is 0 Å². The maximum absolute atomic E-state index is 12.5. The molecule has 1 aliphatic rings. The Balaban J connectivity index is 1.55. The van der Waals surface area contributed by atoms with Crippen molar-refractivity contribution in [3.05, 3.63) is 69.7 Å². The van der Waals surface area contributed by atoms with Crippen LogP contribution >= 0.6 is 23.2 Å². The number of carbonyl (C=O) groups is 2. The molecule has 0 unspecified atom stereocenters. The van der Waals surface area contributed by atoms with Crippen LogP contribution in [0.5, 0.6) is 0 Å². The minimum absolute atomic E-state index is 0.0291. The fraction of sp³-hybridized carbons (Fsp3) is 0.263. The highest BCUT2D eigenvalue weighted by Crippen LogP contribution is 2.15. The van der Waals surface area contributed by atoms with E-state index in [2.05, 4.69) is 0 Å². The zero-order valence-corrected chi connectivity index (χ0v) is 15.1. The Morgan fingerprint density at radius 1 is 0.840 bits per heavy atom. The van der Waals surface area contributed by atoms with Gasteiger partial charge in [0.05, 0.1) is 6.42 Å². The Morgan fingerprint density at radius 2 is 1.48 bits per heavy atom. The summed E-state index contributed by atoms with van der Waals surface area (Å²) in [5.41, 5.74) is 1.51. The zero-order valence-electron chi connectivity index (χ0n) is 13.6. The first-order valence-electron chi connectivity index (χ1n) is 8.10. The van der Waals surface area contributed by atoms with E-state index < -0.39 is 0 Å². The second-order valence-electron chi connectivity index (χ2n) is 5.99. The molecule has 0 saturated carbocycles. The predicted molar refractivity (Wildman–Crippen MR) is 99.1 cm³/mol. The molecule has 0 atom stereocenters. The molecule has 0 aliphatic carbocycles. The van der Waals surface area contributed by atoms with Gasteiger partial charge in [0.15, 0.2) is 0 Å². The molecule has 4 nitrogen and oxygen atoms in total. The average Bonchev–Trinajstić information content (AvgIpc) is 2.62. The molecule has 2 aromatic rings. The van der Waals surface area contributed by atoms with Gasteiger partial charge in [0.1, 0.15) is 0 Å².